The van der Waals surface area contributed by atoms with Gasteiger partial charge in [-0.05, 0) is 63.1 Å². The molecule has 1 N–H and O–H groups in total. The Morgan fingerprint density at radius 3 is 2.57 bits per heavy atom. The van der Waals surface area contributed by atoms with Gasteiger partial charge in [0, 0.05) is 49.4 Å². The molecule has 198 valence electrons. The van der Waals surface area contributed by atoms with Crippen LogP contribution in [0, 0.1) is 12.7 Å². The van der Waals surface area contributed by atoms with Crippen molar-refractivity contribution in [2.45, 2.75) is 45.9 Å². The van der Waals surface area contributed by atoms with Crippen LogP contribution in [0.25, 0.3) is 10.9 Å². The van der Waals surface area contributed by atoms with Crippen molar-refractivity contribution in [1.82, 2.24) is 14.8 Å². The molecule has 1 fully saturated rings. The summed E-state index contributed by atoms with van der Waals surface area (Å²) in [5.41, 5.74) is 2.64. The monoisotopic (exact) mass is 511 g/mol. The van der Waals surface area contributed by atoms with Crippen LogP contribution in [0.3, 0.4) is 0 Å². The van der Waals surface area contributed by atoms with Crippen molar-refractivity contribution in [3.63, 3.8) is 0 Å². The molecule has 1 unspecified atom stereocenters. The first-order valence-electron chi connectivity index (χ1n) is 12.3. The summed E-state index contributed by atoms with van der Waals surface area (Å²) in [7, 11) is 2.86. The van der Waals surface area contributed by atoms with Gasteiger partial charge >= 0.3 is 12.1 Å². The van der Waals surface area contributed by atoms with Gasteiger partial charge in [0.25, 0.3) is 0 Å². The second kappa shape index (κ2) is 10.5. The average molecular weight is 512 g/mol. The summed E-state index contributed by atoms with van der Waals surface area (Å²) in [6, 6.07) is 8.34. The minimum absolute atomic E-state index is 0.0908. The Morgan fingerprint density at radius 1 is 1.16 bits per heavy atom. The topological polar surface area (TPSA) is 82.0 Å². The molecule has 2 heterocycles. The van der Waals surface area contributed by atoms with Crippen molar-refractivity contribution < 1.29 is 28.2 Å². The van der Waals surface area contributed by atoms with Gasteiger partial charge in [-0.1, -0.05) is 6.07 Å². The van der Waals surface area contributed by atoms with Gasteiger partial charge in [0.2, 0.25) is 0 Å². The zero-order chi connectivity index (χ0) is 26.9. The standard InChI is InChI=1S/C28H34FN3O5/c1-17-13-24(35-5)21(19-9-11-32(25(17)19)27(34)37-28(2,3)4)16-31-12-10-30-15-23(31)18-7-8-20(22(29)14-18)26(33)36-6/h7-9,11,13-14,23,30H,10,12,15-16H2,1-6H3. The lowest BCUT2D eigenvalue weighted by Gasteiger charge is -2.37. The summed E-state index contributed by atoms with van der Waals surface area (Å²) in [6.45, 7) is 10.1. The van der Waals surface area contributed by atoms with E-state index in [0.29, 0.717) is 13.1 Å². The average Bonchev–Trinajstić information content (AvgIpc) is 3.30. The molecule has 0 saturated carbocycles. The SMILES string of the molecule is COC(=O)c1ccc(C2CNCCN2Cc2c(OC)cc(C)c3c2ccn3C(=O)OC(C)(C)C)cc1F. The molecule has 0 radical (unpaired) electrons. The van der Waals surface area contributed by atoms with Gasteiger partial charge in [-0.3, -0.25) is 9.47 Å². The van der Waals surface area contributed by atoms with E-state index in [-0.39, 0.29) is 11.6 Å². The van der Waals surface area contributed by atoms with Gasteiger partial charge in [-0.25, -0.2) is 14.0 Å². The van der Waals surface area contributed by atoms with Crippen LogP contribution in [0.15, 0.2) is 36.5 Å². The number of ether oxygens (including phenoxy) is 3. The Hall–Kier alpha value is -3.43. The number of hydrogen-bond acceptors (Lipinski definition) is 7. The molecule has 1 atom stereocenters. The molecule has 37 heavy (non-hydrogen) atoms. The molecule has 1 saturated heterocycles. The molecule has 0 aliphatic carbocycles. The molecule has 8 nitrogen and oxygen atoms in total. The van der Waals surface area contributed by atoms with Gasteiger partial charge < -0.3 is 19.5 Å². The largest absolute Gasteiger partial charge is 0.496 e. The number of carbonyl (C=O) groups excluding carboxylic acids is 2. The Morgan fingerprint density at radius 2 is 1.92 bits per heavy atom. The number of aromatic nitrogens is 1. The third-order valence-electron chi connectivity index (χ3n) is 6.54. The number of nitrogens with one attached hydrogen (secondary N) is 1. The van der Waals surface area contributed by atoms with E-state index in [9.17, 15) is 14.0 Å². The molecular weight excluding hydrogens is 477 g/mol. The molecule has 0 amide bonds. The Kier molecular flexibility index (Phi) is 7.57. The number of fused-ring (bicyclic) bond motifs is 1. The smallest absolute Gasteiger partial charge is 0.419 e. The second-order valence-corrected chi connectivity index (χ2v) is 10.2. The number of esters is 1. The van der Waals surface area contributed by atoms with Crippen LogP contribution < -0.4 is 10.1 Å². The normalized spacial score (nSPS) is 16.6. The molecule has 1 aliphatic heterocycles. The molecule has 1 aliphatic rings. The Balaban J connectivity index is 1.72. The Labute approximate surface area is 216 Å². The van der Waals surface area contributed by atoms with E-state index >= 15 is 0 Å². The fraction of sp³-hybridized carbons (Fsp3) is 0.429. The summed E-state index contributed by atoms with van der Waals surface area (Å²) in [6.07, 6.45) is 1.29. The maximum Gasteiger partial charge on any atom is 0.419 e. The number of methoxy groups -OCH3 is 2. The zero-order valence-electron chi connectivity index (χ0n) is 22.2. The van der Waals surface area contributed by atoms with E-state index in [1.165, 1.54) is 23.8 Å². The number of aryl methyl sites for hydroxylation is 1. The van der Waals surface area contributed by atoms with Gasteiger partial charge in [-0.2, -0.15) is 0 Å². The number of rotatable bonds is 5. The van der Waals surface area contributed by atoms with E-state index in [2.05, 4.69) is 15.0 Å². The molecular formula is C28H34FN3O5. The fourth-order valence-electron chi connectivity index (χ4n) is 4.85. The van der Waals surface area contributed by atoms with Crippen LogP contribution >= 0.6 is 0 Å². The number of carbonyl (C=O) groups is 2. The highest BCUT2D eigenvalue weighted by Crippen LogP contribution is 2.35. The van der Waals surface area contributed by atoms with E-state index in [1.807, 2.05) is 39.8 Å². The van der Waals surface area contributed by atoms with Crippen molar-refractivity contribution in [3.05, 3.63) is 64.6 Å². The minimum atomic E-state index is -0.705. The summed E-state index contributed by atoms with van der Waals surface area (Å²) >= 11 is 0. The lowest BCUT2D eigenvalue weighted by molar-refractivity contribution is 0.0542. The van der Waals surface area contributed by atoms with Crippen LogP contribution in [-0.4, -0.2) is 61.0 Å². The van der Waals surface area contributed by atoms with E-state index in [0.717, 1.165) is 46.4 Å². The van der Waals surface area contributed by atoms with Crippen LogP contribution in [0.4, 0.5) is 9.18 Å². The third kappa shape index (κ3) is 5.47. The van der Waals surface area contributed by atoms with E-state index in [1.54, 1.807) is 19.4 Å². The molecule has 4 rings (SSSR count). The van der Waals surface area contributed by atoms with Gasteiger partial charge in [0.1, 0.15) is 17.2 Å². The summed E-state index contributed by atoms with van der Waals surface area (Å²) in [5.74, 6) is -0.597. The quantitative estimate of drug-likeness (QED) is 0.492. The van der Waals surface area contributed by atoms with Gasteiger partial charge in [0.15, 0.2) is 0 Å². The summed E-state index contributed by atoms with van der Waals surface area (Å²) < 4.78 is 32.3. The number of nitrogens with zero attached hydrogens (tertiary/aromatic N) is 2. The Bertz CT molecular complexity index is 1330. The van der Waals surface area contributed by atoms with Crippen molar-refractivity contribution in [2.24, 2.45) is 0 Å². The maximum absolute atomic E-state index is 14.8. The number of hydrogen-bond donors (Lipinski definition) is 1. The highest BCUT2D eigenvalue weighted by molar-refractivity contribution is 5.95. The fourth-order valence-corrected chi connectivity index (χ4v) is 4.85. The molecule has 2 aromatic carbocycles. The van der Waals surface area contributed by atoms with Gasteiger partial charge in [-0.15, -0.1) is 0 Å². The molecule has 0 spiro atoms. The first kappa shape index (κ1) is 26.6. The molecule has 0 bridgehead atoms. The van der Waals surface area contributed by atoms with Crippen LogP contribution in [0.5, 0.6) is 5.75 Å². The summed E-state index contributed by atoms with van der Waals surface area (Å²) in [4.78, 5) is 27.0. The van der Waals surface area contributed by atoms with Crippen LogP contribution in [-0.2, 0) is 16.0 Å². The van der Waals surface area contributed by atoms with Crippen LogP contribution in [0.1, 0.15) is 53.9 Å². The second-order valence-electron chi connectivity index (χ2n) is 10.2. The first-order chi connectivity index (χ1) is 17.5. The molecule has 9 heteroatoms. The zero-order valence-corrected chi connectivity index (χ0v) is 22.2. The third-order valence-corrected chi connectivity index (χ3v) is 6.54. The summed E-state index contributed by atoms with van der Waals surface area (Å²) in [5, 5.41) is 4.28. The van der Waals surface area contributed by atoms with Crippen molar-refractivity contribution in [3.8, 4) is 5.75 Å². The van der Waals surface area contributed by atoms with E-state index < -0.39 is 23.5 Å². The highest BCUT2D eigenvalue weighted by atomic mass is 19.1. The van der Waals surface area contributed by atoms with Crippen molar-refractivity contribution in [2.75, 3.05) is 33.9 Å². The highest BCUT2D eigenvalue weighted by Gasteiger charge is 2.28. The predicted octanol–water partition coefficient (Wildman–Crippen LogP) is 4.81. The van der Waals surface area contributed by atoms with Crippen molar-refractivity contribution >= 4 is 23.0 Å². The van der Waals surface area contributed by atoms with Gasteiger partial charge in [0.05, 0.1) is 25.3 Å². The van der Waals surface area contributed by atoms with Crippen molar-refractivity contribution in [1.29, 1.82) is 0 Å². The lowest BCUT2D eigenvalue weighted by Crippen LogP contribution is -2.45. The minimum Gasteiger partial charge on any atom is -0.496 e. The number of benzene rings is 2. The maximum atomic E-state index is 14.8. The predicted molar refractivity (Wildman–Crippen MR) is 139 cm³/mol. The molecule has 1 aromatic heterocycles. The first-order valence-corrected chi connectivity index (χ1v) is 12.3. The lowest BCUT2D eigenvalue weighted by atomic mass is 9.98. The van der Waals surface area contributed by atoms with E-state index in [4.69, 9.17) is 9.47 Å². The number of halogens is 1. The molecule has 3 aromatic rings. The van der Waals surface area contributed by atoms with Crippen LogP contribution in [0.2, 0.25) is 0 Å². The number of piperazine rings is 1.